The summed E-state index contributed by atoms with van der Waals surface area (Å²) in [6.07, 6.45) is 1.82. The fourth-order valence-corrected chi connectivity index (χ4v) is 1.59. The van der Waals surface area contributed by atoms with E-state index in [1.54, 1.807) is 7.05 Å². The second-order valence-corrected chi connectivity index (χ2v) is 4.06. The first-order valence-corrected chi connectivity index (χ1v) is 5.75. The van der Waals surface area contributed by atoms with Gasteiger partial charge in [0.05, 0.1) is 0 Å². The average Bonchev–Trinajstić information content (AvgIpc) is 2.33. The molecule has 1 aromatic rings. The van der Waals surface area contributed by atoms with E-state index in [4.69, 9.17) is 0 Å². The smallest absolute Gasteiger partial charge is 0.193 e. The third-order valence-electron chi connectivity index (χ3n) is 2.52. The maximum atomic E-state index is 4.22. The maximum Gasteiger partial charge on any atom is 0.193 e. The number of aryl methyl sites for hydroxylation is 1. The van der Waals surface area contributed by atoms with Crippen molar-refractivity contribution in [3.8, 4) is 0 Å². The second kappa shape index (κ2) is 6.74. The summed E-state index contributed by atoms with van der Waals surface area (Å²) in [5.74, 6) is 0.880. The van der Waals surface area contributed by atoms with Crippen LogP contribution in [0.25, 0.3) is 0 Å². The van der Waals surface area contributed by atoms with Crippen molar-refractivity contribution in [2.45, 2.75) is 13.5 Å². The highest BCUT2D eigenvalue weighted by molar-refractivity contribution is 5.79. The topological polar surface area (TPSA) is 27.6 Å². The molecule has 0 saturated heterocycles. The molecule has 1 rings (SSSR count). The molecule has 1 aromatic carbocycles. The molecule has 0 amide bonds. The molecule has 1 N–H and O–H groups in total. The van der Waals surface area contributed by atoms with Gasteiger partial charge in [-0.3, -0.25) is 4.99 Å². The van der Waals surface area contributed by atoms with Gasteiger partial charge in [-0.1, -0.05) is 35.9 Å². The van der Waals surface area contributed by atoms with Crippen LogP contribution in [0.1, 0.15) is 11.1 Å². The zero-order valence-corrected chi connectivity index (χ0v) is 10.9. The van der Waals surface area contributed by atoms with Gasteiger partial charge in [0.25, 0.3) is 0 Å². The monoisotopic (exact) mass is 231 g/mol. The summed E-state index contributed by atoms with van der Waals surface area (Å²) in [4.78, 5) is 6.31. The predicted molar refractivity (Wildman–Crippen MR) is 74.2 cm³/mol. The van der Waals surface area contributed by atoms with Gasteiger partial charge in [-0.25, -0.2) is 0 Å². The lowest BCUT2D eigenvalue weighted by atomic mass is 10.1. The first kappa shape index (κ1) is 13.3. The fraction of sp³-hybridized carbons (Fsp3) is 0.357. The number of benzene rings is 1. The minimum Gasteiger partial charge on any atom is -0.353 e. The van der Waals surface area contributed by atoms with Crippen molar-refractivity contribution >= 4 is 5.96 Å². The van der Waals surface area contributed by atoms with Gasteiger partial charge < -0.3 is 10.2 Å². The van der Waals surface area contributed by atoms with Gasteiger partial charge in [0.15, 0.2) is 5.96 Å². The molecule has 0 saturated carbocycles. The van der Waals surface area contributed by atoms with Crippen LogP contribution in [0.2, 0.25) is 0 Å². The Morgan fingerprint density at radius 3 is 2.59 bits per heavy atom. The van der Waals surface area contributed by atoms with Gasteiger partial charge in [0, 0.05) is 27.2 Å². The summed E-state index contributed by atoms with van der Waals surface area (Å²) in [5.41, 5.74) is 2.56. The van der Waals surface area contributed by atoms with Crippen molar-refractivity contribution in [3.05, 3.63) is 48.0 Å². The van der Waals surface area contributed by atoms with Gasteiger partial charge in [0.1, 0.15) is 0 Å². The van der Waals surface area contributed by atoms with E-state index in [2.05, 4.69) is 53.0 Å². The lowest BCUT2D eigenvalue weighted by molar-refractivity contribution is 0.480. The summed E-state index contributed by atoms with van der Waals surface area (Å²) >= 11 is 0. The molecule has 3 heteroatoms. The number of hydrogen-bond donors (Lipinski definition) is 1. The highest BCUT2D eigenvalue weighted by Gasteiger charge is 2.04. The molecule has 17 heavy (non-hydrogen) atoms. The van der Waals surface area contributed by atoms with Crippen LogP contribution in [0, 0.1) is 6.92 Å². The standard InChI is InChI=1S/C14H21N3/c1-5-10-16-14(15-3)17(4)11-13-8-6-12(2)7-9-13/h5-9H,1,10-11H2,2-4H3,(H,15,16). The van der Waals surface area contributed by atoms with Gasteiger partial charge in [-0.05, 0) is 12.5 Å². The minimum atomic E-state index is 0.727. The van der Waals surface area contributed by atoms with E-state index >= 15 is 0 Å². The minimum absolute atomic E-state index is 0.727. The lowest BCUT2D eigenvalue weighted by Crippen LogP contribution is -2.38. The van der Waals surface area contributed by atoms with Crippen molar-refractivity contribution in [3.63, 3.8) is 0 Å². The number of rotatable bonds is 4. The molecule has 3 nitrogen and oxygen atoms in total. The van der Waals surface area contributed by atoms with Crippen LogP contribution in [-0.4, -0.2) is 31.5 Å². The molecule has 0 aliphatic rings. The van der Waals surface area contributed by atoms with E-state index in [9.17, 15) is 0 Å². The van der Waals surface area contributed by atoms with Crippen LogP contribution < -0.4 is 5.32 Å². The van der Waals surface area contributed by atoms with Crippen LogP contribution in [0.5, 0.6) is 0 Å². The Morgan fingerprint density at radius 2 is 2.06 bits per heavy atom. The maximum absolute atomic E-state index is 4.22. The predicted octanol–water partition coefficient (Wildman–Crippen LogP) is 2.19. The molecule has 0 radical (unpaired) electrons. The summed E-state index contributed by atoms with van der Waals surface area (Å²) in [7, 11) is 3.81. The highest BCUT2D eigenvalue weighted by Crippen LogP contribution is 2.05. The molecule has 92 valence electrons. The van der Waals surface area contributed by atoms with Crippen LogP contribution in [-0.2, 0) is 6.54 Å². The summed E-state index contributed by atoms with van der Waals surface area (Å²) in [5, 5.41) is 3.21. The van der Waals surface area contributed by atoms with Crippen molar-refractivity contribution in [2.75, 3.05) is 20.6 Å². The van der Waals surface area contributed by atoms with E-state index in [0.29, 0.717) is 0 Å². The molecule has 0 bridgehead atoms. The van der Waals surface area contributed by atoms with E-state index in [-0.39, 0.29) is 0 Å². The lowest BCUT2D eigenvalue weighted by Gasteiger charge is -2.21. The third-order valence-corrected chi connectivity index (χ3v) is 2.52. The van der Waals surface area contributed by atoms with E-state index in [0.717, 1.165) is 19.0 Å². The summed E-state index contributed by atoms with van der Waals surface area (Å²) < 4.78 is 0. The van der Waals surface area contributed by atoms with Crippen LogP contribution in [0.15, 0.2) is 41.9 Å². The van der Waals surface area contributed by atoms with Gasteiger partial charge >= 0.3 is 0 Å². The molecule has 0 heterocycles. The average molecular weight is 231 g/mol. The Kier molecular flexibility index (Phi) is 5.27. The SMILES string of the molecule is C=CCNC(=NC)N(C)Cc1ccc(C)cc1. The van der Waals surface area contributed by atoms with Crippen molar-refractivity contribution < 1.29 is 0 Å². The third kappa shape index (κ3) is 4.31. The second-order valence-electron chi connectivity index (χ2n) is 4.06. The van der Waals surface area contributed by atoms with Gasteiger partial charge in [0.2, 0.25) is 0 Å². The molecule has 0 spiro atoms. The molecule has 0 aliphatic carbocycles. The van der Waals surface area contributed by atoms with Crippen LogP contribution in [0.4, 0.5) is 0 Å². The van der Waals surface area contributed by atoms with Crippen molar-refractivity contribution in [2.24, 2.45) is 4.99 Å². The zero-order chi connectivity index (χ0) is 12.7. The molecular formula is C14H21N3. The van der Waals surface area contributed by atoms with E-state index < -0.39 is 0 Å². The highest BCUT2D eigenvalue weighted by atomic mass is 15.3. The molecule has 0 aliphatic heterocycles. The summed E-state index contributed by atoms with van der Waals surface area (Å²) in [6, 6.07) is 8.55. The number of nitrogens with zero attached hydrogens (tertiary/aromatic N) is 2. The summed E-state index contributed by atoms with van der Waals surface area (Å²) in [6.45, 7) is 7.35. The van der Waals surface area contributed by atoms with E-state index in [1.165, 1.54) is 11.1 Å². The van der Waals surface area contributed by atoms with E-state index in [1.807, 2.05) is 13.1 Å². The molecule has 0 unspecified atom stereocenters. The number of hydrogen-bond acceptors (Lipinski definition) is 1. The molecule has 0 atom stereocenters. The fourth-order valence-electron chi connectivity index (χ4n) is 1.59. The first-order chi connectivity index (χ1) is 8.17. The van der Waals surface area contributed by atoms with Gasteiger partial charge in [-0.15, -0.1) is 6.58 Å². The van der Waals surface area contributed by atoms with Crippen molar-refractivity contribution in [1.29, 1.82) is 0 Å². The van der Waals surface area contributed by atoms with Gasteiger partial charge in [-0.2, -0.15) is 0 Å². The first-order valence-electron chi connectivity index (χ1n) is 5.75. The quantitative estimate of drug-likeness (QED) is 0.488. The largest absolute Gasteiger partial charge is 0.353 e. The Bertz CT molecular complexity index is 379. The van der Waals surface area contributed by atoms with Crippen LogP contribution in [0.3, 0.4) is 0 Å². The number of aliphatic imine (C=N–C) groups is 1. The molecule has 0 aromatic heterocycles. The Morgan fingerprint density at radius 1 is 1.41 bits per heavy atom. The number of guanidine groups is 1. The Labute approximate surface area is 104 Å². The molecule has 0 fully saturated rings. The van der Waals surface area contributed by atoms with Crippen LogP contribution >= 0.6 is 0 Å². The number of nitrogens with one attached hydrogen (secondary N) is 1. The Balaban J connectivity index is 2.60. The normalized spacial score (nSPS) is 11.1. The molecular weight excluding hydrogens is 210 g/mol. The van der Waals surface area contributed by atoms with Crippen molar-refractivity contribution in [1.82, 2.24) is 10.2 Å². The Hall–Kier alpha value is -1.77. The zero-order valence-electron chi connectivity index (χ0n) is 10.9.